The van der Waals surface area contributed by atoms with E-state index in [0.717, 1.165) is 49.7 Å². The maximum Gasteiger partial charge on any atom is 0.220 e. The van der Waals surface area contributed by atoms with Crippen LogP contribution in [0.4, 0.5) is 11.6 Å². The minimum atomic E-state index is 0.134. The zero-order valence-electron chi connectivity index (χ0n) is 16.9. The van der Waals surface area contributed by atoms with E-state index in [4.69, 9.17) is 0 Å². The van der Waals surface area contributed by atoms with Gasteiger partial charge in [0.15, 0.2) is 0 Å². The molecular formula is C22H31N5O. The molecule has 2 aromatic rings. The quantitative estimate of drug-likeness (QED) is 0.732. The van der Waals surface area contributed by atoms with Crippen molar-refractivity contribution in [2.75, 3.05) is 29.9 Å². The molecule has 1 aliphatic heterocycles. The Bertz CT molecular complexity index is 779. The Morgan fingerprint density at radius 3 is 3.00 bits per heavy atom. The lowest BCUT2D eigenvalue weighted by atomic mass is 9.93. The van der Waals surface area contributed by atoms with Crippen LogP contribution in [-0.2, 0) is 11.3 Å². The van der Waals surface area contributed by atoms with Crippen molar-refractivity contribution in [3.63, 3.8) is 0 Å². The molecule has 6 nitrogen and oxygen atoms in total. The van der Waals surface area contributed by atoms with E-state index < -0.39 is 0 Å². The van der Waals surface area contributed by atoms with Crippen LogP contribution < -0.4 is 15.5 Å². The number of amides is 1. The third-order valence-corrected chi connectivity index (χ3v) is 5.21. The molecule has 0 aliphatic carbocycles. The lowest BCUT2D eigenvalue weighted by Gasteiger charge is -2.33. The molecular weight excluding hydrogens is 350 g/mol. The number of piperidine rings is 1. The van der Waals surface area contributed by atoms with E-state index in [9.17, 15) is 4.79 Å². The summed E-state index contributed by atoms with van der Waals surface area (Å²) in [5, 5.41) is 6.29. The number of aryl methyl sites for hydroxylation is 1. The van der Waals surface area contributed by atoms with Gasteiger partial charge < -0.3 is 15.5 Å². The number of rotatable bonds is 8. The van der Waals surface area contributed by atoms with Crippen molar-refractivity contribution in [1.82, 2.24) is 15.3 Å². The minimum Gasteiger partial charge on any atom is -0.370 e. The Kier molecular flexibility index (Phi) is 7.23. The highest BCUT2D eigenvalue weighted by Gasteiger charge is 2.22. The molecule has 1 aromatic carbocycles. The third-order valence-electron chi connectivity index (χ3n) is 5.21. The molecule has 0 unspecified atom stereocenters. The van der Waals surface area contributed by atoms with Gasteiger partial charge in [-0.15, -0.1) is 0 Å². The van der Waals surface area contributed by atoms with Crippen LogP contribution in [0.1, 0.15) is 43.7 Å². The lowest BCUT2D eigenvalue weighted by molar-refractivity contribution is -0.121. The molecule has 0 spiro atoms. The fourth-order valence-corrected chi connectivity index (χ4v) is 3.75. The predicted molar refractivity (Wildman–Crippen MR) is 113 cm³/mol. The summed E-state index contributed by atoms with van der Waals surface area (Å²) in [6.07, 6.45) is 5.43. The predicted octanol–water partition coefficient (Wildman–Crippen LogP) is 3.53. The molecule has 28 heavy (non-hydrogen) atoms. The standard InChI is InChI=1S/C22H31N5O/c1-3-23-20-13-21(26-16-25-20)27-11-5-8-18(15-27)9-10-22(28)24-14-19-7-4-6-17(2)12-19/h4,6-7,12-13,16,18H,3,5,8-11,14-15H2,1-2H3,(H,24,28)(H,23,25,26)/t18-/m0/s1. The highest BCUT2D eigenvalue weighted by Crippen LogP contribution is 2.25. The Morgan fingerprint density at radius 2 is 2.18 bits per heavy atom. The Balaban J connectivity index is 1.45. The number of anilines is 2. The molecule has 1 fully saturated rings. The Labute approximate surface area is 167 Å². The third kappa shape index (κ3) is 5.94. The smallest absolute Gasteiger partial charge is 0.220 e. The average Bonchev–Trinajstić information content (AvgIpc) is 2.71. The number of hydrogen-bond donors (Lipinski definition) is 2. The van der Waals surface area contributed by atoms with E-state index in [1.54, 1.807) is 6.33 Å². The summed E-state index contributed by atoms with van der Waals surface area (Å²) >= 11 is 0. The number of aromatic nitrogens is 2. The molecule has 0 bridgehead atoms. The van der Waals surface area contributed by atoms with Crippen molar-refractivity contribution in [3.05, 3.63) is 47.8 Å². The second-order valence-electron chi connectivity index (χ2n) is 7.55. The van der Waals surface area contributed by atoms with Crippen LogP contribution in [0.15, 0.2) is 36.7 Å². The summed E-state index contributed by atoms with van der Waals surface area (Å²) in [6, 6.07) is 10.3. The maximum absolute atomic E-state index is 12.3. The number of carbonyl (C=O) groups is 1. The second-order valence-corrected chi connectivity index (χ2v) is 7.55. The Morgan fingerprint density at radius 1 is 1.29 bits per heavy atom. The summed E-state index contributed by atoms with van der Waals surface area (Å²) in [5.41, 5.74) is 2.37. The molecule has 1 aromatic heterocycles. The first-order chi connectivity index (χ1) is 13.6. The van der Waals surface area contributed by atoms with E-state index in [0.29, 0.717) is 18.9 Å². The monoisotopic (exact) mass is 381 g/mol. The SMILES string of the molecule is CCNc1cc(N2CCC[C@@H](CCC(=O)NCc3cccc(C)c3)C2)ncn1. The highest BCUT2D eigenvalue weighted by atomic mass is 16.1. The van der Waals surface area contributed by atoms with Crippen LogP contribution in [0.5, 0.6) is 0 Å². The molecule has 2 heterocycles. The number of nitrogens with zero attached hydrogens (tertiary/aromatic N) is 3. The molecule has 3 rings (SSSR count). The maximum atomic E-state index is 12.3. The normalized spacial score (nSPS) is 16.6. The average molecular weight is 382 g/mol. The van der Waals surface area contributed by atoms with Crippen molar-refractivity contribution >= 4 is 17.5 Å². The largest absolute Gasteiger partial charge is 0.370 e. The van der Waals surface area contributed by atoms with Gasteiger partial charge in [0, 0.05) is 38.7 Å². The van der Waals surface area contributed by atoms with Gasteiger partial charge in [-0.2, -0.15) is 0 Å². The molecule has 150 valence electrons. The lowest BCUT2D eigenvalue weighted by Crippen LogP contribution is -2.36. The van der Waals surface area contributed by atoms with E-state index in [2.05, 4.69) is 57.5 Å². The first-order valence-electron chi connectivity index (χ1n) is 10.3. The van der Waals surface area contributed by atoms with Crippen LogP contribution >= 0.6 is 0 Å². The van der Waals surface area contributed by atoms with Gasteiger partial charge in [0.25, 0.3) is 0 Å². The van der Waals surface area contributed by atoms with E-state index >= 15 is 0 Å². The van der Waals surface area contributed by atoms with Gasteiger partial charge in [-0.05, 0) is 44.6 Å². The highest BCUT2D eigenvalue weighted by molar-refractivity contribution is 5.75. The van der Waals surface area contributed by atoms with Crippen LogP contribution in [-0.4, -0.2) is 35.5 Å². The molecule has 1 amide bonds. The Hall–Kier alpha value is -2.63. The fourth-order valence-electron chi connectivity index (χ4n) is 3.75. The number of nitrogens with one attached hydrogen (secondary N) is 2. The van der Waals surface area contributed by atoms with Gasteiger partial charge in [-0.3, -0.25) is 4.79 Å². The summed E-state index contributed by atoms with van der Waals surface area (Å²) in [5.74, 6) is 2.50. The van der Waals surface area contributed by atoms with E-state index in [1.807, 2.05) is 12.1 Å². The molecule has 6 heteroatoms. The van der Waals surface area contributed by atoms with Crippen LogP contribution in [0, 0.1) is 12.8 Å². The minimum absolute atomic E-state index is 0.134. The van der Waals surface area contributed by atoms with Crippen molar-refractivity contribution in [3.8, 4) is 0 Å². The van der Waals surface area contributed by atoms with Crippen molar-refractivity contribution < 1.29 is 4.79 Å². The molecule has 2 N–H and O–H groups in total. The zero-order chi connectivity index (χ0) is 19.8. The molecule has 1 saturated heterocycles. The van der Waals surface area contributed by atoms with Gasteiger partial charge in [0.05, 0.1) is 0 Å². The van der Waals surface area contributed by atoms with E-state index in [-0.39, 0.29) is 5.91 Å². The zero-order valence-corrected chi connectivity index (χ0v) is 16.9. The summed E-state index contributed by atoms with van der Waals surface area (Å²) in [4.78, 5) is 23.3. The summed E-state index contributed by atoms with van der Waals surface area (Å²) in [6.45, 7) is 7.54. The van der Waals surface area contributed by atoms with Crippen molar-refractivity contribution in [2.45, 2.75) is 46.1 Å². The molecule has 0 radical (unpaired) electrons. The number of hydrogen-bond acceptors (Lipinski definition) is 5. The first kappa shape index (κ1) is 20.1. The first-order valence-corrected chi connectivity index (χ1v) is 10.3. The van der Waals surface area contributed by atoms with Crippen LogP contribution in [0.25, 0.3) is 0 Å². The molecule has 1 aliphatic rings. The van der Waals surface area contributed by atoms with Crippen LogP contribution in [0.3, 0.4) is 0 Å². The van der Waals surface area contributed by atoms with Gasteiger partial charge in [-0.25, -0.2) is 9.97 Å². The topological polar surface area (TPSA) is 70.2 Å². The summed E-state index contributed by atoms with van der Waals surface area (Å²) in [7, 11) is 0. The van der Waals surface area contributed by atoms with Crippen molar-refractivity contribution in [2.24, 2.45) is 5.92 Å². The molecule has 1 atom stereocenters. The van der Waals surface area contributed by atoms with Gasteiger partial charge in [0.2, 0.25) is 5.91 Å². The van der Waals surface area contributed by atoms with Gasteiger partial charge in [0.1, 0.15) is 18.0 Å². The van der Waals surface area contributed by atoms with E-state index in [1.165, 1.54) is 12.0 Å². The summed E-state index contributed by atoms with van der Waals surface area (Å²) < 4.78 is 0. The van der Waals surface area contributed by atoms with Crippen molar-refractivity contribution in [1.29, 1.82) is 0 Å². The molecule has 0 saturated carbocycles. The second kappa shape index (κ2) is 10.1. The number of carbonyl (C=O) groups excluding carboxylic acids is 1. The van der Waals surface area contributed by atoms with Gasteiger partial charge in [-0.1, -0.05) is 29.8 Å². The van der Waals surface area contributed by atoms with Gasteiger partial charge >= 0.3 is 0 Å². The fraction of sp³-hybridized carbons (Fsp3) is 0.500. The number of benzene rings is 1. The van der Waals surface area contributed by atoms with Crippen LogP contribution in [0.2, 0.25) is 0 Å².